The fourth-order valence-corrected chi connectivity index (χ4v) is 2.12. The van der Waals surface area contributed by atoms with E-state index in [0.717, 1.165) is 12.8 Å². The van der Waals surface area contributed by atoms with Crippen molar-refractivity contribution < 1.29 is 9.47 Å². The Kier molecular flexibility index (Phi) is 4.51. The third kappa shape index (κ3) is 3.49. The topological polar surface area (TPSA) is 44.5 Å². The number of halogens is 2. The predicted molar refractivity (Wildman–Crippen MR) is 68.9 cm³/mol. The van der Waals surface area contributed by atoms with Gasteiger partial charge in [0.25, 0.3) is 0 Å². The molecule has 0 saturated carbocycles. The van der Waals surface area contributed by atoms with Crippen LogP contribution in [0.1, 0.15) is 12.8 Å². The molecule has 3 nitrogen and oxygen atoms in total. The summed E-state index contributed by atoms with van der Waals surface area (Å²) in [5.74, 6) is 0.708. The molecule has 2 atom stereocenters. The maximum Gasteiger partial charge on any atom is 0.121 e. The van der Waals surface area contributed by atoms with E-state index < -0.39 is 0 Å². The van der Waals surface area contributed by atoms with Crippen molar-refractivity contribution in [1.29, 1.82) is 0 Å². The molecule has 1 aliphatic rings. The van der Waals surface area contributed by atoms with E-state index in [2.05, 4.69) is 0 Å². The fourth-order valence-electron chi connectivity index (χ4n) is 1.83. The van der Waals surface area contributed by atoms with Gasteiger partial charge in [0.15, 0.2) is 0 Å². The van der Waals surface area contributed by atoms with E-state index in [1.165, 1.54) is 0 Å². The minimum atomic E-state index is 0.123. The molecule has 1 heterocycles. The minimum Gasteiger partial charge on any atom is -0.491 e. The second kappa shape index (κ2) is 5.91. The number of nitrogens with two attached hydrogens (primary N) is 1. The number of ether oxygens (including phenoxy) is 2. The van der Waals surface area contributed by atoms with Gasteiger partial charge in [-0.3, -0.25) is 0 Å². The van der Waals surface area contributed by atoms with Crippen LogP contribution in [0.5, 0.6) is 5.75 Å². The summed E-state index contributed by atoms with van der Waals surface area (Å²) in [6, 6.07) is 5.22. The van der Waals surface area contributed by atoms with E-state index in [-0.39, 0.29) is 12.2 Å². The van der Waals surface area contributed by atoms with Crippen LogP contribution in [0.4, 0.5) is 0 Å². The quantitative estimate of drug-likeness (QED) is 0.919. The molecule has 5 heteroatoms. The molecule has 2 unspecified atom stereocenters. The zero-order chi connectivity index (χ0) is 12.3. The van der Waals surface area contributed by atoms with Crippen LogP contribution in [0.15, 0.2) is 18.2 Å². The van der Waals surface area contributed by atoms with Crippen molar-refractivity contribution >= 4 is 23.2 Å². The van der Waals surface area contributed by atoms with Crippen molar-refractivity contribution in [1.82, 2.24) is 0 Å². The van der Waals surface area contributed by atoms with E-state index in [4.69, 9.17) is 38.4 Å². The highest BCUT2D eigenvalue weighted by Gasteiger charge is 2.24. The molecular formula is C12H15Cl2NO2. The first-order chi connectivity index (χ1) is 8.19. The molecule has 1 aliphatic heterocycles. The molecule has 0 amide bonds. The molecule has 1 aromatic rings. The Balaban J connectivity index is 1.84. The van der Waals surface area contributed by atoms with Gasteiger partial charge < -0.3 is 15.2 Å². The highest BCUT2D eigenvalue weighted by molar-refractivity contribution is 6.42. The Bertz CT molecular complexity index is 387. The van der Waals surface area contributed by atoms with Crippen molar-refractivity contribution in [2.45, 2.75) is 25.0 Å². The summed E-state index contributed by atoms with van der Waals surface area (Å²) in [6.07, 6.45) is 2.30. The zero-order valence-corrected chi connectivity index (χ0v) is 10.9. The van der Waals surface area contributed by atoms with E-state index in [9.17, 15) is 0 Å². The van der Waals surface area contributed by atoms with Gasteiger partial charge in [0.2, 0.25) is 0 Å². The lowest BCUT2D eigenvalue weighted by Crippen LogP contribution is -2.23. The van der Waals surface area contributed by atoms with E-state index in [0.29, 0.717) is 28.9 Å². The first-order valence-corrected chi connectivity index (χ1v) is 6.38. The maximum atomic E-state index is 5.90. The predicted octanol–water partition coefficient (Wildman–Crippen LogP) is 2.88. The summed E-state index contributed by atoms with van der Waals surface area (Å²) < 4.78 is 11.3. The molecule has 17 heavy (non-hydrogen) atoms. The highest BCUT2D eigenvalue weighted by Crippen LogP contribution is 2.27. The normalized spacial score (nSPS) is 23.9. The van der Waals surface area contributed by atoms with E-state index in [1.54, 1.807) is 18.2 Å². The third-order valence-electron chi connectivity index (χ3n) is 2.79. The summed E-state index contributed by atoms with van der Waals surface area (Å²) >= 11 is 11.7. The van der Waals surface area contributed by atoms with Crippen molar-refractivity contribution in [3.63, 3.8) is 0 Å². The molecule has 1 aromatic carbocycles. The Morgan fingerprint density at radius 2 is 2.00 bits per heavy atom. The van der Waals surface area contributed by atoms with Crippen LogP contribution in [0.3, 0.4) is 0 Å². The number of hydrogen-bond donors (Lipinski definition) is 1. The fraction of sp³-hybridized carbons (Fsp3) is 0.500. The van der Waals surface area contributed by atoms with Crippen LogP contribution in [-0.4, -0.2) is 25.4 Å². The SMILES string of the molecule is NCC1CCC(COc2ccc(Cl)c(Cl)c2)O1. The number of rotatable bonds is 4. The van der Waals surface area contributed by atoms with Gasteiger partial charge in [-0.2, -0.15) is 0 Å². The van der Waals surface area contributed by atoms with Gasteiger partial charge in [-0.05, 0) is 25.0 Å². The Labute approximate surface area is 111 Å². The molecular weight excluding hydrogens is 261 g/mol. The summed E-state index contributed by atoms with van der Waals surface area (Å²) in [5.41, 5.74) is 5.54. The zero-order valence-electron chi connectivity index (χ0n) is 9.36. The molecule has 0 radical (unpaired) electrons. The average Bonchev–Trinajstić information content (AvgIpc) is 2.79. The number of hydrogen-bond acceptors (Lipinski definition) is 3. The van der Waals surface area contributed by atoms with Crippen LogP contribution in [0, 0.1) is 0 Å². The van der Waals surface area contributed by atoms with Crippen LogP contribution in [0.2, 0.25) is 10.0 Å². The summed E-state index contributed by atoms with van der Waals surface area (Å²) in [4.78, 5) is 0. The first kappa shape index (κ1) is 13.0. The molecule has 94 valence electrons. The van der Waals surface area contributed by atoms with Gasteiger partial charge in [-0.25, -0.2) is 0 Å². The molecule has 2 rings (SSSR count). The second-order valence-electron chi connectivity index (χ2n) is 4.08. The summed E-state index contributed by atoms with van der Waals surface area (Å²) in [5, 5.41) is 1.02. The maximum absolute atomic E-state index is 5.90. The molecule has 0 bridgehead atoms. The molecule has 0 aromatic heterocycles. The molecule has 2 N–H and O–H groups in total. The molecule has 0 spiro atoms. The molecule has 1 saturated heterocycles. The van der Waals surface area contributed by atoms with Crippen LogP contribution < -0.4 is 10.5 Å². The van der Waals surface area contributed by atoms with Gasteiger partial charge >= 0.3 is 0 Å². The summed E-state index contributed by atoms with van der Waals surface area (Å²) in [6.45, 7) is 1.09. The Morgan fingerprint density at radius 1 is 1.24 bits per heavy atom. The standard InChI is InChI=1S/C12H15Cl2NO2/c13-11-4-3-8(5-12(11)14)16-7-10-2-1-9(6-15)17-10/h3-5,9-10H,1-2,6-7,15H2. The van der Waals surface area contributed by atoms with Crippen LogP contribution >= 0.6 is 23.2 Å². The van der Waals surface area contributed by atoms with Crippen LogP contribution in [-0.2, 0) is 4.74 Å². The van der Waals surface area contributed by atoms with Crippen molar-refractivity contribution in [3.05, 3.63) is 28.2 Å². The van der Waals surface area contributed by atoms with Gasteiger partial charge in [-0.15, -0.1) is 0 Å². The van der Waals surface area contributed by atoms with Gasteiger partial charge in [0, 0.05) is 12.6 Å². The lowest BCUT2D eigenvalue weighted by molar-refractivity contribution is 0.0222. The van der Waals surface area contributed by atoms with Crippen molar-refractivity contribution in [2.75, 3.05) is 13.2 Å². The second-order valence-corrected chi connectivity index (χ2v) is 4.89. The largest absolute Gasteiger partial charge is 0.491 e. The minimum absolute atomic E-state index is 0.123. The lowest BCUT2D eigenvalue weighted by atomic mass is 10.2. The molecule has 0 aliphatic carbocycles. The highest BCUT2D eigenvalue weighted by atomic mass is 35.5. The van der Waals surface area contributed by atoms with Crippen molar-refractivity contribution in [3.8, 4) is 5.75 Å². The first-order valence-electron chi connectivity index (χ1n) is 5.62. The van der Waals surface area contributed by atoms with Gasteiger partial charge in [0.1, 0.15) is 12.4 Å². The smallest absolute Gasteiger partial charge is 0.121 e. The lowest BCUT2D eigenvalue weighted by Gasteiger charge is -2.13. The Morgan fingerprint density at radius 3 is 2.65 bits per heavy atom. The van der Waals surface area contributed by atoms with Gasteiger partial charge in [0.05, 0.1) is 22.3 Å². The van der Waals surface area contributed by atoms with Gasteiger partial charge in [-0.1, -0.05) is 23.2 Å². The van der Waals surface area contributed by atoms with Crippen molar-refractivity contribution in [2.24, 2.45) is 5.73 Å². The summed E-state index contributed by atoms with van der Waals surface area (Å²) in [7, 11) is 0. The monoisotopic (exact) mass is 275 g/mol. The van der Waals surface area contributed by atoms with E-state index >= 15 is 0 Å². The number of benzene rings is 1. The van der Waals surface area contributed by atoms with Crippen LogP contribution in [0.25, 0.3) is 0 Å². The average molecular weight is 276 g/mol. The Hall–Kier alpha value is -0.480. The van der Waals surface area contributed by atoms with E-state index in [1.807, 2.05) is 0 Å². The molecule has 1 fully saturated rings. The third-order valence-corrected chi connectivity index (χ3v) is 3.52.